The summed E-state index contributed by atoms with van der Waals surface area (Å²) in [6.07, 6.45) is 0. The molecule has 0 saturated heterocycles. The van der Waals surface area contributed by atoms with Crippen LogP contribution in [0, 0.1) is 0 Å². The average Bonchev–Trinajstić information content (AvgIpc) is 3.42. The first-order chi connectivity index (χ1) is 15.9. The zero-order valence-corrected chi connectivity index (χ0v) is 20.6. The van der Waals surface area contributed by atoms with Gasteiger partial charge in [-0.25, -0.2) is 0 Å². The summed E-state index contributed by atoms with van der Waals surface area (Å²) in [5.41, 5.74) is 5.44. The van der Waals surface area contributed by atoms with Crippen molar-refractivity contribution < 1.29 is 0 Å². The van der Waals surface area contributed by atoms with E-state index in [-0.39, 0.29) is 0 Å². The maximum atomic E-state index is 2.41. The fourth-order valence-electron chi connectivity index (χ4n) is 4.80. The van der Waals surface area contributed by atoms with Gasteiger partial charge in [0.1, 0.15) is 0 Å². The van der Waals surface area contributed by atoms with Gasteiger partial charge >= 0.3 is 199 Å². The normalized spacial score (nSPS) is 11.8. The SMILES string of the molecule is c1cc(-c2cccc3c2[se]c2ccccc23)cc(-c2cccc3c2[se]c2ccccc23)c1. The van der Waals surface area contributed by atoms with Crippen molar-refractivity contribution in [2.45, 2.75) is 0 Å². The second-order valence-electron chi connectivity index (χ2n) is 8.14. The van der Waals surface area contributed by atoms with E-state index < -0.39 is 0 Å². The molecule has 150 valence electrons. The molecule has 0 unspecified atom stereocenters. The molecular weight excluding hydrogens is 518 g/mol. The van der Waals surface area contributed by atoms with Crippen molar-refractivity contribution in [2.24, 2.45) is 0 Å². The predicted molar refractivity (Wildman–Crippen MR) is 141 cm³/mol. The molecule has 0 spiro atoms. The van der Waals surface area contributed by atoms with Gasteiger partial charge in [0.05, 0.1) is 0 Å². The number of hydrogen-bond donors (Lipinski definition) is 0. The van der Waals surface area contributed by atoms with Crippen molar-refractivity contribution in [3.05, 3.63) is 109 Å². The Hall–Kier alpha value is -2.86. The van der Waals surface area contributed by atoms with E-state index in [1.54, 1.807) is 0 Å². The van der Waals surface area contributed by atoms with Gasteiger partial charge in [0.2, 0.25) is 0 Å². The Morgan fingerprint density at radius 1 is 0.375 bits per heavy atom. The molecule has 0 fully saturated rings. The monoisotopic (exact) mass is 538 g/mol. The maximum absolute atomic E-state index is 2.41. The van der Waals surface area contributed by atoms with Crippen LogP contribution in [0.15, 0.2) is 109 Å². The molecule has 0 saturated carbocycles. The number of hydrogen-bond acceptors (Lipinski definition) is 0. The van der Waals surface area contributed by atoms with E-state index in [9.17, 15) is 0 Å². The third-order valence-corrected chi connectivity index (χ3v) is 11.4. The summed E-state index contributed by atoms with van der Waals surface area (Å²) < 4.78 is 6.04. The number of benzene rings is 5. The quantitative estimate of drug-likeness (QED) is 0.198. The molecule has 0 nitrogen and oxygen atoms in total. The predicted octanol–water partition coefficient (Wildman–Crippen LogP) is 7.75. The fraction of sp³-hybridized carbons (Fsp3) is 0. The Balaban J connectivity index is 1.45. The zero-order chi connectivity index (χ0) is 21.1. The van der Waals surface area contributed by atoms with Crippen molar-refractivity contribution in [1.29, 1.82) is 0 Å². The van der Waals surface area contributed by atoms with Gasteiger partial charge in [-0.2, -0.15) is 0 Å². The second kappa shape index (κ2) is 7.34. The molecule has 0 aliphatic rings. The summed E-state index contributed by atoms with van der Waals surface area (Å²) in [7, 11) is 0. The van der Waals surface area contributed by atoms with E-state index in [0.717, 1.165) is 0 Å². The summed E-state index contributed by atoms with van der Waals surface area (Å²) in [6.45, 7) is 0. The van der Waals surface area contributed by atoms with Gasteiger partial charge in [-0.3, -0.25) is 0 Å². The summed E-state index contributed by atoms with van der Waals surface area (Å²) in [6, 6.07) is 40.6. The Bertz CT molecular complexity index is 1650. The van der Waals surface area contributed by atoms with Crippen LogP contribution in [0.1, 0.15) is 0 Å². The molecule has 0 N–H and O–H groups in total. The number of rotatable bonds is 2. The molecule has 32 heavy (non-hydrogen) atoms. The summed E-state index contributed by atoms with van der Waals surface area (Å²) in [5, 5.41) is 5.68. The van der Waals surface area contributed by atoms with Crippen LogP contribution in [-0.2, 0) is 0 Å². The standard InChI is InChI=1S/C30H18Se2/c1-3-16-27-23(10-1)25-14-6-12-21(29(25)31-27)19-8-5-9-20(18-19)22-13-7-15-26-24-11-2-4-17-28(24)32-30(22)26/h1-18H. The van der Waals surface area contributed by atoms with E-state index in [4.69, 9.17) is 0 Å². The molecule has 0 atom stereocenters. The molecule has 0 aliphatic carbocycles. The molecule has 2 aromatic heterocycles. The zero-order valence-electron chi connectivity index (χ0n) is 17.2. The van der Waals surface area contributed by atoms with E-state index in [1.165, 1.54) is 60.8 Å². The molecule has 2 heteroatoms. The van der Waals surface area contributed by atoms with E-state index >= 15 is 0 Å². The number of fused-ring (bicyclic) bond motifs is 6. The van der Waals surface area contributed by atoms with Crippen LogP contribution in [0.25, 0.3) is 60.8 Å². The third kappa shape index (κ3) is 2.82. The van der Waals surface area contributed by atoms with Gasteiger partial charge in [0.15, 0.2) is 0 Å². The molecule has 0 amide bonds. The third-order valence-electron chi connectivity index (χ3n) is 6.29. The molecule has 7 rings (SSSR count). The molecule has 2 heterocycles. The van der Waals surface area contributed by atoms with Crippen molar-refractivity contribution in [3.63, 3.8) is 0 Å². The van der Waals surface area contributed by atoms with Crippen molar-refractivity contribution in [3.8, 4) is 22.3 Å². The van der Waals surface area contributed by atoms with Crippen LogP contribution < -0.4 is 0 Å². The average molecular weight is 536 g/mol. The van der Waals surface area contributed by atoms with E-state index in [1.807, 2.05) is 0 Å². The summed E-state index contributed by atoms with van der Waals surface area (Å²) in [5.74, 6) is 0. The van der Waals surface area contributed by atoms with Gasteiger partial charge in [0, 0.05) is 0 Å². The minimum absolute atomic E-state index is 0.358. The fourth-order valence-corrected chi connectivity index (χ4v) is 10.00. The molecular formula is C30H18Se2. The Morgan fingerprint density at radius 2 is 0.812 bits per heavy atom. The molecule has 0 bridgehead atoms. The second-order valence-corrected chi connectivity index (χ2v) is 12.6. The first-order valence-electron chi connectivity index (χ1n) is 10.8. The Kier molecular flexibility index (Phi) is 4.29. The molecule has 5 aromatic carbocycles. The van der Waals surface area contributed by atoms with Gasteiger partial charge in [-0.15, -0.1) is 0 Å². The van der Waals surface area contributed by atoms with Gasteiger partial charge in [0.25, 0.3) is 0 Å². The summed E-state index contributed by atoms with van der Waals surface area (Å²) >= 11 is 0.717. The minimum atomic E-state index is 0.358. The van der Waals surface area contributed by atoms with Crippen LogP contribution >= 0.6 is 0 Å². The van der Waals surface area contributed by atoms with Crippen LogP contribution in [0.3, 0.4) is 0 Å². The molecule has 7 aromatic rings. The van der Waals surface area contributed by atoms with Crippen LogP contribution in [0.4, 0.5) is 0 Å². The summed E-state index contributed by atoms with van der Waals surface area (Å²) in [4.78, 5) is 0. The Labute approximate surface area is 198 Å². The van der Waals surface area contributed by atoms with E-state index in [2.05, 4.69) is 109 Å². The van der Waals surface area contributed by atoms with Crippen molar-refractivity contribution in [1.82, 2.24) is 0 Å². The van der Waals surface area contributed by atoms with Crippen LogP contribution in [-0.4, -0.2) is 29.0 Å². The van der Waals surface area contributed by atoms with Crippen molar-refractivity contribution in [2.75, 3.05) is 0 Å². The van der Waals surface area contributed by atoms with Gasteiger partial charge in [-0.05, 0) is 0 Å². The van der Waals surface area contributed by atoms with Crippen LogP contribution in [0.2, 0.25) is 0 Å². The topological polar surface area (TPSA) is 0 Å². The molecule has 0 aliphatic heterocycles. The first-order valence-corrected chi connectivity index (χ1v) is 14.2. The van der Waals surface area contributed by atoms with Crippen molar-refractivity contribution >= 4 is 67.6 Å². The first kappa shape index (κ1) is 18.7. The van der Waals surface area contributed by atoms with Gasteiger partial charge < -0.3 is 0 Å². The van der Waals surface area contributed by atoms with Crippen LogP contribution in [0.5, 0.6) is 0 Å². The van der Waals surface area contributed by atoms with Gasteiger partial charge in [-0.1, -0.05) is 0 Å². The molecule has 0 radical (unpaired) electrons. The van der Waals surface area contributed by atoms with E-state index in [0.29, 0.717) is 29.0 Å². The Morgan fingerprint density at radius 3 is 1.34 bits per heavy atom.